The first-order chi connectivity index (χ1) is 11.0. The van der Waals surface area contributed by atoms with Gasteiger partial charge in [0.15, 0.2) is 5.76 Å². The summed E-state index contributed by atoms with van der Waals surface area (Å²) in [5, 5.41) is 6.58. The van der Waals surface area contributed by atoms with Gasteiger partial charge in [-0.2, -0.15) is 0 Å². The van der Waals surface area contributed by atoms with Gasteiger partial charge in [-0.3, -0.25) is 9.59 Å². The third-order valence-electron chi connectivity index (χ3n) is 4.06. The Morgan fingerprint density at radius 2 is 2.13 bits per heavy atom. The molecule has 6 heteroatoms. The van der Waals surface area contributed by atoms with E-state index in [1.807, 2.05) is 26.0 Å². The van der Waals surface area contributed by atoms with Crippen molar-refractivity contribution in [2.45, 2.75) is 32.6 Å². The quantitative estimate of drug-likeness (QED) is 0.945. The topological polar surface area (TPSA) is 75.4 Å². The lowest BCUT2D eigenvalue weighted by atomic mass is 9.99. The fraction of sp³-hybridized carbons (Fsp3) is 0.353. The van der Waals surface area contributed by atoms with E-state index in [-0.39, 0.29) is 17.7 Å². The molecule has 0 unspecified atom stereocenters. The molecule has 1 aliphatic rings. The molecule has 1 aromatic carbocycles. The first kappa shape index (κ1) is 15.3. The number of aromatic nitrogens is 1. The van der Waals surface area contributed by atoms with Crippen LogP contribution in [0.1, 0.15) is 47.9 Å². The van der Waals surface area contributed by atoms with E-state index in [1.165, 1.54) is 6.20 Å². The van der Waals surface area contributed by atoms with E-state index >= 15 is 0 Å². The summed E-state index contributed by atoms with van der Waals surface area (Å²) in [4.78, 5) is 25.8. The Kier molecular flexibility index (Phi) is 3.90. The van der Waals surface area contributed by atoms with Gasteiger partial charge < -0.3 is 14.7 Å². The molecule has 1 aliphatic heterocycles. The van der Waals surface area contributed by atoms with Gasteiger partial charge in [0.1, 0.15) is 5.69 Å². The molecule has 0 radical (unpaired) electrons. The third kappa shape index (κ3) is 2.84. The second-order valence-corrected chi connectivity index (χ2v) is 6.01. The summed E-state index contributed by atoms with van der Waals surface area (Å²) >= 11 is 0. The second kappa shape index (κ2) is 5.87. The number of hydrogen-bond acceptors (Lipinski definition) is 4. The number of aryl methyl sites for hydroxylation is 1. The average Bonchev–Trinajstić information content (AvgIpc) is 2.99. The summed E-state index contributed by atoms with van der Waals surface area (Å²) in [6, 6.07) is 5.39. The van der Waals surface area contributed by atoms with Crippen molar-refractivity contribution in [3.8, 4) is 0 Å². The van der Waals surface area contributed by atoms with Crippen LogP contribution in [-0.4, -0.2) is 24.0 Å². The fourth-order valence-corrected chi connectivity index (χ4v) is 2.75. The van der Waals surface area contributed by atoms with Crippen molar-refractivity contribution < 1.29 is 14.1 Å². The van der Waals surface area contributed by atoms with Gasteiger partial charge in [-0.25, -0.2) is 0 Å². The lowest BCUT2D eigenvalue weighted by Crippen LogP contribution is -2.31. The maximum Gasteiger partial charge on any atom is 0.255 e. The van der Waals surface area contributed by atoms with Crippen LogP contribution in [0.3, 0.4) is 0 Å². The van der Waals surface area contributed by atoms with Crippen molar-refractivity contribution in [3.63, 3.8) is 0 Å². The van der Waals surface area contributed by atoms with Crippen molar-refractivity contribution in [1.82, 2.24) is 5.16 Å². The van der Waals surface area contributed by atoms with Crippen LogP contribution < -0.4 is 10.2 Å². The number of anilines is 2. The van der Waals surface area contributed by atoms with Gasteiger partial charge in [0.05, 0.1) is 6.20 Å². The second-order valence-electron chi connectivity index (χ2n) is 6.01. The summed E-state index contributed by atoms with van der Waals surface area (Å²) < 4.78 is 5.17. The molecule has 0 bridgehead atoms. The van der Waals surface area contributed by atoms with E-state index in [9.17, 15) is 9.59 Å². The van der Waals surface area contributed by atoms with Gasteiger partial charge in [-0.1, -0.05) is 19.0 Å². The molecule has 0 fully saturated rings. The molecule has 2 heterocycles. The van der Waals surface area contributed by atoms with E-state index in [0.717, 1.165) is 11.3 Å². The molecule has 6 nitrogen and oxygen atoms in total. The number of nitrogens with zero attached hydrogens (tertiary/aromatic N) is 2. The zero-order chi connectivity index (χ0) is 16.6. The Morgan fingerprint density at radius 1 is 1.35 bits per heavy atom. The van der Waals surface area contributed by atoms with Crippen LogP contribution >= 0.6 is 0 Å². The zero-order valence-electron chi connectivity index (χ0n) is 13.4. The molecule has 0 atom stereocenters. The molecule has 0 saturated carbocycles. The monoisotopic (exact) mass is 313 g/mol. The highest BCUT2D eigenvalue weighted by Crippen LogP contribution is 2.28. The van der Waals surface area contributed by atoms with Gasteiger partial charge in [-0.15, -0.1) is 0 Å². The SMILES string of the molecule is CC(C)c1oncc1NC(=O)c1ccc2c(c1)CCC(=O)N2C. The average molecular weight is 313 g/mol. The van der Waals surface area contributed by atoms with Crippen molar-refractivity contribution in [2.24, 2.45) is 0 Å². The molecular formula is C17H19N3O3. The maximum atomic E-state index is 12.5. The Balaban J connectivity index is 1.83. The van der Waals surface area contributed by atoms with E-state index < -0.39 is 0 Å². The molecule has 2 aromatic rings. The van der Waals surface area contributed by atoms with Crippen molar-refractivity contribution >= 4 is 23.2 Å². The number of fused-ring (bicyclic) bond motifs is 1. The van der Waals surface area contributed by atoms with Gasteiger partial charge in [-0.05, 0) is 30.2 Å². The minimum Gasteiger partial charge on any atom is -0.359 e. The number of carbonyl (C=O) groups excluding carboxylic acids is 2. The lowest BCUT2D eigenvalue weighted by Gasteiger charge is -2.26. The van der Waals surface area contributed by atoms with Crippen LogP contribution in [0.15, 0.2) is 28.9 Å². The predicted molar refractivity (Wildman–Crippen MR) is 86.7 cm³/mol. The number of nitrogens with one attached hydrogen (secondary N) is 1. The van der Waals surface area contributed by atoms with E-state index in [0.29, 0.717) is 29.9 Å². The van der Waals surface area contributed by atoms with Crippen LogP contribution in [0.5, 0.6) is 0 Å². The molecule has 1 aromatic heterocycles. The molecular weight excluding hydrogens is 294 g/mol. The highest BCUT2D eigenvalue weighted by molar-refractivity contribution is 6.05. The van der Waals surface area contributed by atoms with Gasteiger partial charge in [0.25, 0.3) is 5.91 Å². The van der Waals surface area contributed by atoms with Crippen molar-refractivity contribution in [2.75, 3.05) is 17.3 Å². The Bertz CT molecular complexity index is 764. The molecule has 1 N–H and O–H groups in total. The molecule has 0 aliphatic carbocycles. The smallest absolute Gasteiger partial charge is 0.255 e. The summed E-state index contributed by atoms with van der Waals surface area (Å²) in [6.45, 7) is 3.95. The molecule has 0 saturated heterocycles. The molecule has 2 amide bonds. The highest BCUT2D eigenvalue weighted by Gasteiger charge is 2.22. The largest absolute Gasteiger partial charge is 0.359 e. The summed E-state index contributed by atoms with van der Waals surface area (Å²) in [5.41, 5.74) is 3.03. The fourth-order valence-electron chi connectivity index (χ4n) is 2.75. The Labute approximate surface area is 134 Å². The summed E-state index contributed by atoms with van der Waals surface area (Å²) in [7, 11) is 1.76. The molecule has 0 spiro atoms. The number of hydrogen-bond donors (Lipinski definition) is 1. The van der Waals surface area contributed by atoms with E-state index in [1.54, 1.807) is 18.0 Å². The van der Waals surface area contributed by atoms with Crippen LogP contribution in [0.4, 0.5) is 11.4 Å². The zero-order valence-corrected chi connectivity index (χ0v) is 13.4. The van der Waals surface area contributed by atoms with E-state index in [4.69, 9.17) is 4.52 Å². The van der Waals surface area contributed by atoms with E-state index in [2.05, 4.69) is 10.5 Å². The lowest BCUT2D eigenvalue weighted by molar-refractivity contribution is -0.118. The van der Waals surface area contributed by atoms with Crippen molar-refractivity contribution in [1.29, 1.82) is 0 Å². The predicted octanol–water partition coefficient (Wildman–Crippen LogP) is 2.96. The molecule has 3 rings (SSSR count). The number of carbonyl (C=O) groups is 2. The Hall–Kier alpha value is -2.63. The van der Waals surface area contributed by atoms with Gasteiger partial charge >= 0.3 is 0 Å². The number of rotatable bonds is 3. The van der Waals surface area contributed by atoms with Crippen LogP contribution in [0, 0.1) is 0 Å². The standard InChI is InChI=1S/C17H19N3O3/c1-10(2)16-13(9-18-23-16)19-17(22)12-4-6-14-11(8-12)5-7-15(21)20(14)3/h4,6,8-10H,5,7H2,1-3H3,(H,19,22). The van der Waals surface area contributed by atoms with Crippen molar-refractivity contribution in [3.05, 3.63) is 41.3 Å². The summed E-state index contributed by atoms with van der Waals surface area (Å²) in [6.07, 6.45) is 2.64. The first-order valence-corrected chi connectivity index (χ1v) is 7.62. The van der Waals surface area contributed by atoms with Crippen LogP contribution in [-0.2, 0) is 11.2 Å². The maximum absolute atomic E-state index is 12.5. The number of amides is 2. The normalized spacial score (nSPS) is 14.1. The summed E-state index contributed by atoms with van der Waals surface area (Å²) in [5.74, 6) is 0.677. The van der Waals surface area contributed by atoms with Crippen LogP contribution in [0.25, 0.3) is 0 Å². The molecule has 120 valence electrons. The minimum absolute atomic E-state index is 0.0979. The van der Waals surface area contributed by atoms with Gasteiger partial charge in [0, 0.05) is 30.6 Å². The third-order valence-corrected chi connectivity index (χ3v) is 4.06. The Morgan fingerprint density at radius 3 is 2.87 bits per heavy atom. The van der Waals surface area contributed by atoms with Crippen LogP contribution in [0.2, 0.25) is 0 Å². The highest BCUT2D eigenvalue weighted by atomic mass is 16.5. The van der Waals surface area contributed by atoms with Gasteiger partial charge in [0.2, 0.25) is 5.91 Å². The number of benzene rings is 1. The first-order valence-electron chi connectivity index (χ1n) is 7.62. The molecule has 23 heavy (non-hydrogen) atoms. The minimum atomic E-state index is -0.211.